The minimum absolute atomic E-state index is 0.166. The molecular formula is C14H21NO. The maximum atomic E-state index is 9.75. The molecule has 0 bridgehead atoms. The summed E-state index contributed by atoms with van der Waals surface area (Å²) in [7, 11) is 0. The first-order valence-corrected chi connectivity index (χ1v) is 6.03. The highest BCUT2D eigenvalue weighted by molar-refractivity contribution is 5.41. The Morgan fingerprint density at radius 2 is 2.06 bits per heavy atom. The number of hydrogen-bond donors (Lipinski definition) is 2. The summed E-state index contributed by atoms with van der Waals surface area (Å²) in [4.78, 5) is 0. The number of benzene rings is 1. The van der Waals surface area contributed by atoms with Gasteiger partial charge in [0.15, 0.2) is 0 Å². The highest BCUT2D eigenvalue weighted by Crippen LogP contribution is 2.29. The lowest BCUT2D eigenvalue weighted by molar-refractivity contribution is 0.333. The average Bonchev–Trinajstić information content (AvgIpc) is 2.15. The monoisotopic (exact) mass is 219 g/mol. The second-order valence-corrected chi connectivity index (χ2v) is 5.75. The normalized spacial score (nSPS) is 20.6. The summed E-state index contributed by atoms with van der Waals surface area (Å²) in [6, 6.07) is 6.39. The van der Waals surface area contributed by atoms with Crippen LogP contribution in [0.2, 0.25) is 0 Å². The third kappa shape index (κ3) is 2.56. The maximum Gasteiger partial charge on any atom is 0.119 e. The lowest BCUT2D eigenvalue weighted by Gasteiger charge is -2.32. The van der Waals surface area contributed by atoms with Crippen molar-refractivity contribution < 1.29 is 5.11 Å². The van der Waals surface area contributed by atoms with Crippen molar-refractivity contribution in [3.05, 3.63) is 29.3 Å². The molecule has 2 nitrogen and oxygen atoms in total. The molecule has 88 valence electrons. The van der Waals surface area contributed by atoms with E-state index in [-0.39, 0.29) is 5.54 Å². The van der Waals surface area contributed by atoms with Gasteiger partial charge in [-0.25, -0.2) is 0 Å². The van der Waals surface area contributed by atoms with Crippen molar-refractivity contribution in [2.24, 2.45) is 0 Å². The Morgan fingerprint density at radius 1 is 1.31 bits per heavy atom. The van der Waals surface area contributed by atoms with Gasteiger partial charge in [0.25, 0.3) is 0 Å². The Balaban J connectivity index is 2.12. The molecule has 0 amide bonds. The zero-order valence-electron chi connectivity index (χ0n) is 10.4. The van der Waals surface area contributed by atoms with E-state index in [1.807, 2.05) is 6.07 Å². The van der Waals surface area contributed by atoms with E-state index >= 15 is 0 Å². The molecule has 16 heavy (non-hydrogen) atoms. The van der Waals surface area contributed by atoms with Crippen molar-refractivity contribution in [3.63, 3.8) is 0 Å². The van der Waals surface area contributed by atoms with Crippen LogP contribution in [0, 0.1) is 0 Å². The Morgan fingerprint density at radius 3 is 2.75 bits per heavy atom. The first kappa shape index (κ1) is 11.5. The van der Waals surface area contributed by atoms with Gasteiger partial charge in [-0.05, 0) is 57.2 Å². The van der Waals surface area contributed by atoms with E-state index in [0.717, 1.165) is 24.8 Å². The Kier molecular flexibility index (Phi) is 2.94. The largest absolute Gasteiger partial charge is 0.508 e. The molecule has 2 N–H and O–H groups in total. The molecule has 2 rings (SSSR count). The fourth-order valence-corrected chi connectivity index (χ4v) is 2.52. The zero-order valence-corrected chi connectivity index (χ0v) is 10.4. The molecule has 1 aliphatic carbocycles. The summed E-state index contributed by atoms with van der Waals surface area (Å²) < 4.78 is 0. The molecule has 0 aromatic heterocycles. The Bertz CT molecular complexity index is 379. The first-order valence-electron chi connectivity index (χ1n) is 6.03. The standard InChI is InChI=1S/C14H21NO/c1-14(2,3)15-11-7-8-12-10(9-11)5-4-6-13(12)16/h4-6,11,15-16H,7-9H2,1-3H3. The predicted molar refractivity (Wildman–Crippen MR) is 66.8 cm³/mol. The number of aromatic hydroxyl groups is 1. The fraction of sp³-hybridized carbons (Fsp3) is 0.571. The molecule has 1 aromatic rings. The second-order valence-electron chi connectivity index (χ2n) is 5.75. The molecule has 0 saturated heterocycles. The van der Waals surface area contributed by atoms with Crippen LogP contribution in [-0.2, 0) is 12.8 Å². The summed E-state index contributed by atoms with van der Waals surface area (Å²) in [5, 5.41) is 13.4. The van der Waals surface area contributed by atoms with Gasteiger partial charge in [-0.3, -0.25) is 0 Å². The summed E-state index contributed by atoms with van der Waals surface area (Å²) in [5.41, 5.74) is 2.61. The minimum atomic E-state index is 0.166. The third-order valence-electron chi connectivity index (χ3n) is 3.09. The summed E-state index contributed by atoms with van der Waals surface area (Å²) in [6.07, 6.45) is 3.12. The van der Waals surface area contributed by atoms with Gasteiger partial charge < -0.3 is 10.4 Å². The number of fused-ring (bicyclic) bond motifs is 1. The first-order chi connectivity index (χ1) is 7.46. The molecular weight excluding hydrogens is 198 g/mol. The van der Waals surface area contributed by atoms with Gasteiger partial charge in [0.05, 0.1) is 0 Å². The Hall–Kier alpha value is -1.02. The van der Waals surface area contributed by atoms with Gasteiger partial charge in [-0.2, -0.15) is 0 Å². The van der Waals surface area contributed by atoms with Gasteiger partial charge in [0.1, 0.15) is 5.75 Å². The molecule has 0 radical (unpaired) electrons. The van der Waals surface area contributed by atoms with Gasteiger partial charge in [0.2, 0.25) is 0 Å². The van der Waals surface area contributed by atoms with E-state index in [0.29, 0.717) is 11.8 Å². The summed E-state index contributed by atoms with van der Waals surface area (Å²) in [5.74, 6) is 0.465. The van der Waals surface area contributed by atoms with Gasteiger partial charge >= 0.3 is 0 Å². The molecule has 0 spiro atoms. The molecule has 0 saturated carbocycles. The molecule has 0 aliphatic heterocycles. The van der Waals surface area contributed by atoms with Crippen molar-refractivity contribution in [2.45, 2.75) is 51.6 Å². The van der Waals surface area contributed by atoms with Crippen molar-refractivity contribution in [3.8, 4) is 5.75 Å². The van der Waals surface area contributed by atoms with E-state index in [1.165, 1.54) is 5.56 Å². The van der Waals surface area contributed by atoms with Crippen molar-refractivity contribution >= 4 is 0 Å². The highest BCUT2D eigenvalue weighted by atomic mass is 16.3. The quantitative estimate of drug-likeness (QED) is 0.761. The molecule has 0 heterocycles. The lowest BCUT2D eigenvalue weighted by Crippen LogP contribution is -2.46. The van der Waals surface area contributed by atoms with Gasteiger partial charge in [-0.1, -0.05) is 12.1 Å². The summed E-state index contributed by atoms with van der Waals surface area (Å²) in [6.45, 7) is 6.60. The van der Waals surface area contributed by atoms with E-state index in [9.17, 15) is 5.11 Å². The van der Waals surface area contributed by atoms with Crippen molar-refractivity contribution in [1.29, 1.82) is 0 Å². The van der Waals surface area contributed by atoms with Crippen LogP contribution in [-0.4, -0.2) is 16.7 Å². The van der Waals surface area contributed by atoms with Crippen LogP contribution in [0.3, 0.4) is 0 Å². The van der Waals surface area contributed by atoms with Crippen LogP contribution in [0.15, 0.2) is 18.2 Å². The summed E-state index contributed by atoms with van der Waals surface area (Å²) >= 11 is 0. The van der Waals surface area contributed by atoms with Gasteiger partial charge in [0, 0.05) is 11.6 Å². The van der Waals surface area contributed by atoms with E-state index in [1.54, 1.807) is 6.07 Å². The smallest absolute Gasteiger partial charge is 0.119 e. The van der Waals surface area contributed by atoms with Crippen molar-refractivity contribution in [1.82, 2.24) is 5.32 Å². The van der Waals surface area contributed by atoms with Crippen LogP contribution in [0.4, 0.5) is 0 Å². The highest BCUT2D eigenvalue weighted by Gasteiger charge is 2.23. The maximum absolute atomic E-state index is 9.75. The predicted octanol–water partition coefficient (Wildman–Crippen LogP) is 2.64. The van der Waals surface area contributed by atoms with Crippen molar-refractivity contribution in [2.75, 3.05) is 0 Å². The van der Waals surface area contributed by atoms with Crippen LogP contribution >= 0.6 is 0 Å². The topological polar surface area (TPSA) is 32.3 Å². The average molecular weight is 219 g/mol. The van der Waals surface area contributed by atoms with Crippen LogP contribution < -0.4 is 5.32 Å². The Labute approximate surface area is 97.7 Å². The third-order valence-corrected chi connectivity index (χ3v) is 3.09. The second kappa shape index (κ2) is 4.10. The molecule has 1 aliphatic rings. The SMILES string of the molecule is CC(C)(C)NC1CCc2c(O)cccc2C1. The number of rotatable bonds is 1. The molecule has 1 unspecified atom stereocenters. The number of nitrogens with one attached hydrogen (secondary N) is 1. The van der Waals surface area contributed by atoms with Crippen LogP contribution in [0.25, 0.3) is 0 Å². The van der Waals surface area contributed by atoms with Gasteiger partial charge in [-0.15, -0.1) is 0 Å². The molecule has 2 heteroatoms. The lowest BCUT2D eigenvalue weighted by atomic mass is 9.86. The zero-order chi connectivity index (χ0) is 11.8. The fourth-order valence-electron chi connectivity index (χ4n) is 2.52. The van der Waals surface area contributed by atoms with Crippen LogP contribution in [0.1, 0.15) is 38.3 Å². The van der Waals surface area contributed by atoms with E-state index < -0.39 is 0 Å². The molecule has 0 fully saturated rings. The molecule has 1 aromatic carbocycles. The van der Waals surface area contributed by atoms with E-state index in [2.05, 4.69) is 32.2 Å². The number of phenolic OH excluding ortho intramolecular Hbond substituents is 1. The number of hydrogen-bond acceptors (Lipinski definition) is 2. The minimum Gasteiger partial charge on any atom is -0.508 e. The van der Waals surface area contributed by atoms with E-state index in [4.69, 9.17) is 0 Å². The number of phenols is 1. The van der Waals surface area contributed by atoms with Crippen LogP contribution in [0.5, 0.6) is 5.75 Å². The molecule has 1 atom stereocenters.